The standard InChI is InChI=1S/C17H17FN6O/c1-8-23-13-6-9(2-5-12(19)15(16(20)21)17(22)25)11(18)7-14(13)24(8)10-3-4-10/h6-7,10H,3-4,19H2,1H3,(H3,20,21)(H2,22,25)/b15-12+. The van der Waals surface area contributed by atoms with Crippen LogP contribution < -0.4 is 17.2 Å². The number of rotatable bonds is 3. The van der Waals surface area contributed by atoms with E-state index in [4.69, 9.17) is 22.6 Å². The van der Waals surface area contributed by atoms with Gasteiger partial charge >= 0.3 is 0 Å². The van der Waals surface area contributed by atoms with Gasteiger partial charge in [-0.1, -0.05) is 5.92 Å². The first-order chi connectivity index (χ1) is 11.8. The molecule has 128 valence electrons. The summed E-state index contributed by atoms with van der Waals surface area (Å²) >= 11 is 0. The third kappa shape index (κ3) is 3.04. The maximum atomic E-state index is 14.4. The number of allylic oxidation sites excluding steroid dienone is 1. The van der Waals surface area contributed by atoms with Gasteiger partial charge < -0.3 is 21.8 Å². The number of primary amides is 1. The molecule has 3 rings (SSSR count). The van der Waals surface area contributed by atoms with Crippen LogP contribution in [0.4, 0.5) is 4.39 Å². The molecule has 0 radical (unpaired) electrons. The smallest absolute Gasteiger partial charge is 0.255 e. The molecular formula is C17H17FN6O. The number of hydrogen-bond acceptors (Lipinski definition) is 4. The van der Waals surface area contributed by atoms with E-state index in [2.05, 4.69) is 16.8 Å². The normalized spacial score (nSPS) is 14.6. The molecule has 1 fully saturated rings. The molecule has 1 heterocycles. The number of benzene rings is 1. The van der Waals surface area contributed by atoms with Crippen molar-refractivity contribution < 1.29 is 9.18 Å². The van der Waals surface area contributed by atoms with Gasteiger partial charge in [0.1, 0.15) is 23.1 Å². The highest BCUT2D eigenvalue weighted by atomic mass is 19.1. The number of nitrogens with zero attached hydrogens (tertiary/aromatic N) is 2. The highest BCUT2D eigenvalue weighted by molar-refractivity contribution is 6.19. The highest BCUT2D eigenvalue weighted by Crippen LogP contribution is 2.38. The topological polar surface area (TPSA) is 137 Å². The lowest BCUT2D eigenvalue weighted by Crippen LogP contribution is -2.28. The number of imidazole rings is 1. The van der Waals surface area contributed by atoms with Crippen LogP contribution in [0.3, 0.4) is 0 Å². The van der Waals surface area contributed by atoms with Gasteiger partial charge in [0, 0.05) is 12.1 Å². The van der Waals surface area contributed by atoms with Gasteiger partial charge in [-0.2, -0.15) is 0 Å². The number of nitrogens with two attached hydrogens (primary N) is 3. The molecule has 1 aliphatic carbocycles. The average molecular weight is 340 g/mol. The Balaban J connectivity index is 2.06. The first kappa shape index (κ1) is 16.5. The lowest BCUT2D eigenvalue weighted by molar-refractivity contribution is -0.114. The summed E-state index contributed by atoms with van der Waals surface area (Å²) in [6.45, 7) is 1.88. The van der Waals surface area contributed by atoms with E-state index in [0.717, 1.165) is 24.2 Å². The van der Waals surface area contributed by atoms with Crippen molar-refractivity contribution in [2.45, 2.75) is 25.8 Å². The number of amidine groups is 1. The lowest BCUT2D eigenvalue weighted by Gasteiger charge is -2.04. The van der Waals surface area contributed by atoms with Crippen LogP contribution in [0, 0.1) is 30.0 Å². The fourth-order valence-electron chi connectivity index (χ4n) is 2.73. The molecule has 25 heavy (non-hydrogen) atoms. The monoisotopic (exact) mass is 340 g/mol. The first-order valence-corrected chi connectivity index (χ1v) is 7.63. The minimum atomic E-state index is -0.964. The summed E-state index contributed by atoms with van der Waals surface area (Å²) in [4.78, 5) is 15.7. The van der Waals surface area contributed by atoms with Crippen molar-refractivity contribution in [1.82, 2.24) is 9.55 Å². The van der Waals surface area contributed by atoms with Crippen LogP contribution in [0.1, 0.15) is 30.3 Å². The Morgan fingerprint density at radius 1 is 1.36 bits per heavy atom. The van der Waals surface area contributed by atoms with E-state index in [1.165, 1.54) is 12.1 Å². The van der Waals surface area contributed by atoms with E-state index in [1.54, 1.807) is 0 Å². The molecule has 0 atom stereocenters. The minimum absolute atomic E-state index is 0.0864. The van der Waals surface area contributed by atoms with Gasteiger partial charge in [0.25, 0.3) is 5.91 Å². The Kier molecular flexibility index (Phi) is 3.93. The van der Waals surface area contributed by atoms with E-state index in [0.29, 0.717) is 11.6 Å². The number of carbonyl (C=O) groups excluding carboxylic acids is 1. The Labute approximate surface area is 143 Å². The molecule has 7 N–H and O–H groups in total. The van der Waals surface area contributed by atoms with E-state index < -0.39 is 17.6 Å². The third-order valence-corrected chi connectivity index (χ3v) is 3.98. The van der Waals surface area contributed by atoms with E-state index in [-0.39, 0.29) is 16.8 Å². The zero-order valence-corrected chi connectivity index (χ0v) is 13.6. The van der Waals surface area contributed by atoms with Crippen LogP contribution >= 0.6 is 0 Å². The summed E-state index contributed by atoms with van der Waals surface area (Å²) in [6.07, 6.45) is 2.13. The molecule has 1 aromatic carbocycles. The molecule has 0 saturated heterocycles. The molecule has 0 aliphatic heterocycles. The predicted octanol–water partition coefficient (Wildman–Crippen LogP) is 0.804. The molecule has 0 unspecified atom stereocenters. The summed E-state index contributed by atoms with van der Waals surface area (Å²) in [7, 11) is 0. The maximum Gasteiger partial charge on any atom is 0.255 e. The second-order valence-electron chi connectivity index (χ2n) is 5.90. The molecule has 7 nitrogen and oxygen atoms in total. The van der Waals surface area contributed by atoms with Crippen molar-refractivity contribution in [1.29, 1.82) is 5.41 Å². The molecule has 2 aromatic rings. The Morgan fingerprint density at radius 2 is 2.04 bits per heavy atom. The predicted molar refractivity (Wildman–Crippen MR) is 91.9 cm³/mol. The number of aryl methyl sites for hydroxylation is 1. The molecule has 1 amide bonds. The summed E-state index contributed by atoms with van der Waals surface area (Å²) in [5.74, 6) is 3.75. The van der Waals surface area contributed by atoms with Crippen molar-refractivity contribution in [3.63, 3.8) is 0 Å². The molecule has 1 aliphatic rings. The van der Waals surface area contributed by atoms with Crippen LogP contribution in [0.2, 0.25) is 0 Å². The van der Waals surface area contributed by atoms with Gasteiger partial charge in [0.05, 0.1) is 22.3 Å². The highest BCUT2D eigenvalue weighted by Gasteiger charge is 2.27. The van der Waals surface area contributed by atoms with Gasteiger partial charge in [-0.25, -0.2) is 9.37 Å². The second-order valence-corrected chi connectivity index (χ2v) is 5.90. The van der Waals surface area contributed by atoms with Crippen molar-refractivity contribution in [3.8, 4) is 11.8 Å². The maximum absolute atomic E-state index is 14.4. The molecule has 0 spiro atoms. The van der Waals surface area contributed by atoms with Crippen LogP contribution in [0.15, 0.2) is 23.4 Å². The van der Waals surface area contributed by atoms with Gasteiger partial charge in [-0.05, 0) is 31.8 Å². The molecule has 0 bridgehead atoms. The number of amides is 1. The number of carbonyl (C=O) groups is 1. The second kappa shape index (κ2) is 5.94. The Hall–Kier alpha value is -3.34. The molecule has 8 heteroatoms. The Bertz CT molecular complexity index is 988. The van der Waals surface area contributed by atoms with Crippen molar-refractivity contribution in [3.05, 3.63) is 40.6 Å². The molecule has 1 saturated carbocycles. The fraction of sp³-hybridized carbons (Fsp3) is 0.235. The number of halogens is 1. The van der Waals surface area contributed by atoms with Crippen LogP contribution in [-0.2, 0) is 4.79 Å². The van der Waals surface area contributed by atoms with Crippen molar-refractivity contribution in [2.24, 2.45) is 17.2 Å². The van der Waals surface area contributed by atoms with Crippen LogP contribution in [0.5, 0.6) is 0 Å². The molecular weight excluding hydrogens is 323 g/mol. The van der Waals surface area contributed by atoms with E-state index in [1.807, 2.05) is 11.5 Å². The zero-order valence-electron chi connectivity index (χ0n) is 13.6. The lowest BCUT2D eigenvalue weighted by atomic mass is 10.1. The minimum Gasteiger partial charge on any atom is -0.391 e. The average Bonchev–Trinajstić information content (AvgIpc) is 3.28. The van der Waals surface area contributed by atoms with Gasteiger partial charge in [-0.15, -0.1) is 0 Å². The van der Waals surface area contributed by atoms with Gasteiger partial charge in [0.15, 0.2) is 0 Å². The summed E-state index contributed by atoms with van der Waals surface area (Å²) in [5, 5.41) is 7.30. The fourth-order valence-corrected chi connectivity index (χ4v) is 2.73. The zero-order chi connectivity index (χ0) is 18.3. The summed E-state index contributed by atoms with van der Waals surface area (Å²) < 4.78 is 16.4. The summed E-state index contributed by atoms with van der Waals surface area (Å²) in [5.41, 5.74) is 16.8. The number of nitrogens with one attached hydrogen (secondary N) is 1. The van der Waals surface area contributed by atoms with Gasteiger partial charge in [0.2, 0.25) is 0 Å². The van der Waals surface area contributed by atoms with E-state index >= 15 is 0 Å². The number of fused-ring (bicyclic) bond motifs is 1. The first-order valence-electron chi connectivity index (χ1n) is 7.63. The largest absolute Gasteiger partial charge is 0.391 e. The number of aromatic nitrogens is 2. The van der Waals surface area contributed by atoms with Gasteiger partial charge in [-0.3, -0.25) is 10.2 Å². The number of hydrogen-bond donors (Lipinski definition) is 4. The Morgan fingerprint density at radius 3 is 2.60 bits per heavy atom. The van der Waals surface area contributed by atoms with Crippen LogP contribution in [0.25, 0.3) is 11.0 Å². The van der Waals surface area contributed by atoms with Crippen molar-refractivity contribution >= 4 is 22.8 Å². The van der Waals surface area contributed by atoms with Crippen molar-refractivity contribution in [2.75, 3.05) is 0 Å². The quantitative estimate of drug-likeness (QED) is 0.284. The van der Waals surface area contributed by atoms with Crippen LogP contribution in [-0.4, -0.2) is 21.3 Å². The van der Waals surface area contributed by atoms with E-state index in [9.17, 15) is 9.18 Å². The third-order valence-electron chi connectivity index (χ3n) is 3.98. The molecule has 1 aromatic heterocycles. The SMILES string of the molecule is Cc1nc2cc(C#C/C(N)=C(/C(=N)N)C(N)=O)c(F)cc2n1C1CC1. The summed E-state index contributed by atoms with van der Waals surface area (Å²) in [6, 6.07) is 3.32.